The summed E-state index contributed by atoms with van der Waals surface area (Å²) in [6, 6.07) is -0.584. The quantitative estimate of drug-likeness (QED) is 0.751. The monoisotopic (exact) mass is 339 g/mol. The molecule has 2 rings (SSSR count). The van der Waals surface area contributed by atoms with Crippen LogP contribution in [0.3, 0.4) is 0 Å². The van der Waals surface area contributed by atoms with Crippen LogP contribution in [0.25, 0.3) is 0 Å². The topological polar surface area (TPSA) is 118 Å². The molecule has 0 aromatic heterocycles. The predicted molar refractivity (Wildman–Crippen MR) is 77.1 cm³/mol. The molecule has 2 aliphatic rings. The zero-order chi connectivity index (χ0) is 15.7. The Labute approximate surface area is 125 Å². The van der Waals surface area contributed by atoms with Crippen LogP contribution in [-0.2, 0) is 24.7 Å². The van der Waals surface area contributed by atoms with Crippen LogP contribution in [0.5, 0.6) is 0 Å². The molecule has 0 amide bonds. The van der Waals surface area contributed by atoms with Crippen molar-refractivity contribution in [3.05, 3.63) is 0 Å². The first kappa shape index (κ1) is 16.7. The fourth-order valence-corrected chi connectivity index (χ4v) is 6.60. The number of carboxylic acids is 1. The van der Waals surface area contributed by atoms with E-state index in [1.807, 2.05) is 0 Å². The summed E-state index contributed by atoms with van der Waals surface area (Å²) in [6.45, 7) is 0. The van der Waals surface area contributed by atoms with E-state index >= 15 is 0 Å². The van der Waals surface area contributed by atoms with Crippen molar-refractivity contribution in [3.8, 4) is 0 Å². The molecule has 1 saturated carbocycles. The molecule has 1 aliphatic carbocycles. The fourth-order valence-electron chi connectivity index (χ4n) is 3.05. The third-order valence-corrected chi connectivity index (χ3v) is 8.04. The van der Waals surface area contributed by atoms with Gasteiger partial charge in [-0.1, -0.05) is 12.8 Å². The number of sulfone groups is 1. The average molecular weight is 339 g/mol. The molecule has 2 unspecified atom stereocenters. The SMILES string of the molecule is O=C(O)C1CCCCC1NS(=O)(=O)C1CCS(=O)(=O)CC1. The highest BCUT2D eigenvalue weighted by Gasteiger charge is 2.38. The summed E-state index contributed by atoms with van der Waals surface area (Å²) in [6.07, 6.45) is 2.75. The second kappa shape index (κ2) is 6.21. The zero-order valence-corrected chi connectivity index (χ0v) is 13.3. The van der Waals surface area contributed by atoms with Crippen molar-refractivity contribution in [1.82, 2.24) is 4.72 Å². The van der Waals surface area contributed by atoms with Crippen molar-refractivity contribution in [2.24, 2.45) is 5.92 Å². The molecule has 21 heavy (non-hydrogen) atoms. The lowest BCUT2D eigenvalue weighted by Gasteiger charge is -2.31. The van der Waals surface area contributed by atoms with Gasteiger partial charge in [0.05, 0.1) is 22.7 Å². The van der Waals surface area contributed by atoms with Crippen LogP contribution in [0.15, 0.2) is 0 Å². The average Bonchev–Trinajstić information content (AvgIpc) is 2.38. The van der Waals surface area contributed by atoms with E-state index in [0.717, 1.165) is 12.8 Å². The lowest BCUT2D eigenvalue weighted by molar-refractivity contribution is -0.143. The van der Waals surface area contributed by atoms with E-state index < -0.39 is 43.0 Å². The number of sulfonamides is 1. The van der Waals surface area contributed by atoms with Crippen molar-refractivity contribution < 1.29 is 26.7 Å². The highest BCUT2D eigenvalue weighted by Crippen LogP contribution is 2.27. The molecule has 2 N–H and O–H groups in total. The first-order chi connectivity index (χ1) is 9.71. The maximum Gasteiger partial charge on any atom is 0.308 e. The van der Waals surface area contributed by atoms with E-state index in [2.05, 4.69) is 4.72 Å². The lowest BCUT2D eigenvalue weighted by Crippen LogP contribution is -2.49. The highest BCUT2D eigenvalue weighted by molar-refractivity contribution is 7.92. The van der Waals surface area contributed by atoms with Gasteiger partial charge in [-0.05, 0) is 25.7 Å². The van der Waals surface area contributed by atoms with Crippen LogP contribution in [-0.4, -0.2) is 50.7 Å². The van der Waals surface area contributed by atoms with Gasteiger partial charge in [-0.3, -0.25) is 4.79 Å². The van der Waals surface area contributed by atoms with Crippen LogP contribution in [0, 0.1) is 5.92 Å². The van der Waals surface area contributed by atoms with Crippen molar-refractivity contribution in [3.63, 3.8) is 0 Å². The molecular weight excluding hydrogens is 318 g/mol. The fraction of sp³-hybridized carbons (Fsp3) is 0.917. The molecule has 0 spiro atoms. The van der Waals surface area contributed by atoms with Gasteiger partial charge in [-0.15, -0.1) is 0 Å². The summed E-state index contributed by atoms with van der Waals surface area (Å²) in [5, 5.41) is 8.43. The molecule has 1 saturated heterocycles. The van der Waals surface area contributed by atoms with E-state index in [0.29, 0.717) is 12.8 Å². The van der Waals surface area contributed by atoms with Crippen LogP contribution in [0.1, 0.15) is 38.5 Å². The highest BCUT2D eigenvalue weighted by atomic mass is 32.2. The van der Waals surface area contributed by atoms with Gasteiger partial charge in [0.15, 0.2) is 0 Å². The van der Waals surface area contributed by atoms with E-state index in [9.17, 15) is 26.7 Å². The largest absolute Gasteiger partial charge is 0.481 e. The summed E-state index contributed by atoms with van der Waals surface area (Å²) in [4.78, 5) is 11.2. The molecule has 2 fully saturated rings. The van der Waals surface area contributed by atoms with Gasteiger partial charge in [0.1, 0.15) is 9.84 Å². The Balaban J connectivity index is 2.05. The van der Waals surface area contributed by atoms with Gasteiger partial charge >= 0.3 is 5.97 Å². The standard InChI is InChI=1S/C12H21NO6S2/c14-12(15)10-3-1-2-4-11(10)13-21(18,19)9-5-7-20(16,17)8-6-9/h9-11,13H,1-8H2,(H,14,15). The molecular formula is C12H21NO6S2. The zero-order valence-electron chi connectivity index (χ0n) is 11.7. The van der Waals surface area contributed by atoms with E-state index in [1.54, 1.807) is 0 Å². The number of carbonyl (C=O) groups is 1. The smallest absolute Gasteiger partial charge is 0.308 e. The summed E-state index contributed by atoms with van der Waals surface area (Å²) in [5.41, 5.74) is 0. The summed E-state index contributed by atoms with van der Waals surface area (Å²) in [5.74, 6) is -1.91. The number of aliphatic carboxylic acids is 1. The summed E-state index contributed by atoms with van der Waals surface area (Å²) < 4.78 is 49.9. The van der Waals surface area contributed by atoms with Gasteiger partial charge in [0.25, 0.3) is 0 Å². The van der Waals surface area contributed by atoms with Crippen molar-refractivity contribution >= 4 is 25.8 Å². The molecule has 2 atom stereocenters. The Bertz CT molecular complexity index is 583. The normalized spacial score (nSPS) is 30.9. The minimum absolute atomic E-state index is 0.0854. The van der Waals surface area contributed by atoms with Gasteiger partial charge < -0.3 is 5.11 Å². The van der Waals surface area contributed by atoms with E-state index in [-0.39, 0.29) is 24.3 Å². The molecule has 122 valence electrons. The third kappa shape index (κ3) is 4.17. The minimum atomic E-state index is -3.68. The maximum atomic E-state index is 12.3. The molecule has 0 aromatic carbocycles. The van der Waals surface area contributed by atoms with Crippen LogP contribution in [0.4, 0.5) is 0 Å². The number of nitrogens with one attached hydrogen (secondary N) is 1. The molecule has 0 aromatic rings. The Morgan fingerprint density at radius 3 is 2.19 bits per heavy atom. The van der Waals surface area contributed by atoms with Gasteiger partial charge in [0.2, 0.25) is 10.0 Å². The maximum absolute atomic E-state index is 12.3. The Kier molecular flexibility index (Phi) is 4.94. The van der Waals surface area contributed by atoms with Crippen LogP contribution >= 0.6 is 0 Å². The van der Waals surface area contributed by atoms with Crippen molar-refractivity contribution in [1.29, 1.82) is 0 Å². The number of carboxylic acid groups (broad SMARTS) is 1. The van der Waals surface area contributed by atoms with Gasteiger partial charge in [-0.2, -0.15) is 0 Å². The minimum Gasteiger partial charge on any atom is -0.481 e. The van der Waals surface area contributed by atoms with E-state index in [4.69, 9.17) is 0 Å². The van der Waals surface area contributed by atoms with Crippen LogP contribution in [0.2, 0.25) is 0 Å². The number of hydrogen-bond donors (Lipinski definition) is 2. The van der Waals surface area contributed by atoms with Crippen molar-refractivity contribution in [2.75, 3.05) is 11.5 Å². The van der Waals surface area contributed by atoms with Crippen LogP contribution < -0.4 is 4.72 Å². The third-order valence-electron chi connectivity index (χ3n) is 4.34. The van der Waals surface area contributed by atoms with E-state index in [1.165, 1.54) is 0 Å². The molecule has 0 radical (unpaired) electrons. The van der Waals surface area contributed by atoms with Gasteiger partial charge in [0, 0.05) is 6.04 Å². The lowest BCUT2D eigenvalue weighted by atomic mass is 9.85. The summed E-state index contributed by atoms with van der Waals surface area (Å²) >= 11 is 0. The summed E-state index contributed by atoms with van der Waals surface area (Å²) in [7, 11) is -6.80. The second-order valence-corrected chi connectivity index (χ2v) is 10.1. The molecule has 7 nitrogen and oxygen atoms in total. The molecule has 1 aliphatic heterocycles. The Hall–Kier alpha value is -0.670. The first-order valence-corrected chi connectivity index (χ1v) is 10.5. The predicted octanol–water partition coefficient (Wildman–Crippen LogP) is 0.126. The molecule has 9 heteroatoms. The number of hydrogen-bond acceptors (Lipinski definition) is 5. The molecule has 0 bridgehead atoms. The molecule has 1 heterocycles. The Morgan fingerprint density at radius 2 is 1.62 bits per heavy atom. The first-order valence-electron chi connectivity index (χ1n) is 7.16. The second-order valence-electron chi connectivity index (χ2n) is 5.85. The van der Waals surface area contributed by atoms with Crippen molar-refractivity contribution in [2.45, 2.75) is 49.8 Å². The number of rotatable bonds is 4. The van der Waals surface area contributed by atoms with Gasteiger partial charge in [-0.25, -0.2) is 21.6 Å². The Morgan fingerprint density at radius 1 is 1.05 bits per heavy atom.